The minimum absolute atomic E-state index is 0.0301. The summed E-state index contributed by atoms with van der Waals surface area (Å²) < 4.78 is 0. The molecule has 3 N–H and O–H groups in total. The highest BCUT2D eigenvalue weighted by Crippen LogP contribution is 2.12. The monoisotopic (exact) mass is 275 g/mol. The lowest BCUT2D eigenvalue weighted by Crippen LogP contribution is -2.44. The zero-order valence-corrected chi connectivity index (χ0v) is 12.3. The van der Waals surface area contributed by atoms with Gasteiger partial charge < -0.3 is 16.0 Å². The van der Waals surface area contributed by atoms with Gasteiger partial charge in [0.15, 0.2) is 0 Å². The molecule has 0 unspecified atom stereocenters. The van der Waals surface area contributed by atoms with Gasteiger partial charge in [0.2, 0.25) is 0 Å². The molecule has 110 valence electrons. The van der Waals surface area contributed by atoms with Gasteiger partial charge in [-0.1, -0.05) is 19.1 Å². The second-order valence-electron chi connectivity index (χ2n) is 5.49. The fourth-order valence-corrected chi connectivity index (χ4v) is 2.68. The van der Waals surface area contributed by atoms with Crippen LogP contribution in [0.2, 0.25) is 0 Å². The van der Waals surface area contributed by atoms with Crippen LogP contribution in [0.5, 0.6) is 0 Å². The average Bonchev–Trinajstić information content (AvgIpc) is 2.49. The summed E-state index contributed by atoms with van der Waals surface area (Å²) in [6.07, 6.45) is 3.30. The van der Waals surface area contributed by atoms with Crippen molar-refractivity contribution in [2.75, 3.05) is 19.6 Å². The van der Waals surface area contributed by atoms with Crippen LogP contribution in [0.3, 0.4) is 0 Å². The van der Waals surface area contributed by atoms with Gasteiger partial charge in [-0.25, -0.2) is 0 Å². The van der Waals surface area contributed by atoms with Crippen LogP contribution in [0.25, 0.3) is 0 Å². The SMILES string of the molecule is CCCN1CCC(NC(=O)c2ccc(CN)cc2)CC1. The summed E-state index contributed by atoms with van der Waals surface area (Å²) in [5.74, 6) is 0.0301. The molecule has 2 rings (SSSR count). The van der Waals surface area contributed by atoms with Gasteiger partial charge in [0, 0.05) is 31.2 Å². The molecule has 4 nitrogen and oxygen atoms in total. The molecule has 0 aromatic heterocycles. The van der Waals surface area contributed by atoms with Crippen molar-refractivity contribution in [3.8, 4) is 0 Å². The second kappa shape index (κ2) is 7.41. The van der Waals surface area contributed by atoms with Crippen molar-refractivity contribution >= 4 is 5.91 Å². The molecular formula is C16H25N3O. The summed E-state index contributed by atoms with van der Waals surface area (Å²) in [6, 6.07) is 7.84. The van der Waals surface area contributed by atoms with E-state index in [1.807, 2.05) is 24.3 Å². The lowest BCUT2D eigenvalue weighted by Gasteiger charge is -2.32. The van der Waals surface area contributed by atoms with Crippen LogP contribution in [0.15, 0.2) is 24.3 Å². The molecule has 1 aromatic carbocycles. The summed E-state index contributed by atoms with van der Waals surface area (Å²) in [4.78, 5) is 14.6. The summed E-state index contributed by atoms with van der Waals surface area (Å²) in [6.45, 7) is 6.06. The van der Waals surface area contributed by atoms with Gasteiger partial charge in [-0.3, -0.25) is 4.79 Å². The van der Waals surface area contributed by atoms with E-state index in [-0.39, 0.29) is 5.91 Å². The fourth-order valence-electron chi connectivity index (χ4n) is 2.68. The van der Waals surface area contributed by atoms with Crippen molar-refractivity contribution in [2.24, 2.45) is 5.73 Å². The number of hydrogen-bond donors (Lipinski definition) is 2. The summed E-state index contributed by atoms with van der Waals surface area (Å²) in [5, 5.41) is 3.14. The molecule has 1 fully saturated rings. The second-order valence-corrected chi connectivity index (χ2v) is 5.49. The molecular weight excluding hydrogens is 250 g/mol. The Hall–Kier alpha value is -1.39. The van der Waals surface area contributed by atoms with Crippen LogP contribution in [-0.4, -0.2) is 36.5 Å². The lowest BCUT2D eigenvalue weighted by atomic mass is 10.0. The van der Waals surface area contributed by atoms with Crippen molar-refractivity contribution in [3.05, 3.63) is 35.4 Å². The number of carbonyl (C=O) groups is 1. The number of likely N-dealkylation sites (tertiary alicyclic amines) is 1. The molecule has 0 atom stereocenters. The standard InChI is InChI=1S/C16H25N3O/c1-2-9-19-10-7-15(8-11-19)18-16(20)14-5-3-13(12-17)4-6-14/h3-6,15H,2,7-12,17H2,1H3,(H,18,20). The van der Waals surface area contributed by atoms with Crippen LogP contribution in [0.4, 0.5) is 0 Å². The summed E-state index contributed by atoms with van der Waals surface area (Å²) in [5.41, 5.74) is 7.33. The first-order chi connectivity index (χ1) is 9.72. The molecule has 20 heavy (non-hydrogen) atoms. The first-order valence-corrected chi connectivity index (χ1v) is 7.55. The molecule has 1 saturated heterocycles. The Morgan fingerprint density at radius 3 is 2.50 bits per heavy atom. The fraction of sp³-hybridized carbons (Fsp3) is 0.562. The minimum Gasteiger partial charge on any atom is -0.349 e. The Morgan fingerprint density at radius 2 is 1.95 bits per heavy atom. The van der Waals surface area contributed by atoms with E-state index in [0.717, 1.165) is 37.1 Å². The van der Waals surface area contributed by atoms with Crippen LogP contribution in [0.1, 0.15) is 42.1 Å². The van der Waals surface area contributed by atoms with E-state index in [2.05, 4.69) is 17.1 Å². The Labute approximate surface area is 121 Å². The number of amides is 1. The van der Waals surface area contributed by atoms with Gasteiger partial charge in [-0.15, -0.1) is 0 Å². The number of carbonyl (C=O) groups excluding carboxylic acids is 1. The third-order valence-corrected chi connectivity index (χ3v) is 3.91. The molecule has 0 saturated carbocycles. The Balaban J connectivity index is 1.82. The molecule has 0 bridgehead atoms. The van der Waals surface area contributed by atoms with Crippen molar-refractivity contribution in [2.45, 2.75) is 38.8 Å². The van der Waals surface area contributed by atoms with Gasteiger partial charge in [0.05, 0.1) is 0 Å². The van der Waals surface area contributed by atoms with E-state index in [4.69, 9.17) is 5.73 Å². The van der Waals surface area contributed by atoms with E-state index in [9.17, 15) is 4.79 Å². The molecule has 1 aromatic rings. The lowest BCUT2D eigenvalue weighted by molar-refractivity contribution is 0.0911. The van der Waals surface area contributed by atoms with E-state index >= 15 is 0 Å². The van der Waals surface area contributed by atoms with Crippen molar-refractivity contribution in [3.63, 3.8) is 0 Å². The molecule has 0 spiro atoms. The highest BCUT2D eigenvalue weighted by molar-refractivity contribution is 5.94. The predicted octanol–water partition coefficient (Wildman–Crippen LogP) is 1.75. The van der Waals surface area contributed by atoms with Gasteiger partial charge in [0.25, 0.3) is 5.91 Å². The number of nitrogens with one attached hydrogen (secondary N) is 1. The van der Waals surface area contributed by atoms with Gasteiger partial charge in [0.1, 0.15) is 0 Å². The maximum atomic E-state index is 12.2. The molecule has 4 heteroatoms. The van der Waals surface area contributed by atoms with Gasteiger partial charge in [-0.2, -0.15) is 0 Å². The topological polar surface area (TPSA) is 58.4 Å². The molecule has 1 aliphatic rings. The van der Waals surface area contributed by atoms with Gasteiger partial charge >= 0.3 is 0 Å². The number of piperidine rings is 1. The number of nitrogens with zero attached hydrogens (tertiary/aromatic N) is 1. The van der Waals surface area contributed by atoms with Crippen LogP contribution >= 0.6 is 0 Å². The molecule has 0 aliphatic carbocycles. The van der Waals surface area contributed by atoms with Crippen molar-refractivity contribution in [1.29, 1.82) is 0 Å². The van der Waals surface area contributed by atoms with Gasteiger partial charge in [-0.05, 0) is 43.5 Å². The quantitative estimate of drug-likeness (QED) is 0.860. The Kier molecular flexibility index (Phi) is 5.56. The predicted molar refractivity (Wildman–Crippen MR) is 81.6 cm³/mol. The Morgan fingerprint density at radius 1 is 1.30 bits per heavy atom. The third-order valence-electron chi connectivity index (χ3n) is 3.91. The maximum Gasteiger partial charge on any atom is 0.251 e. The first kappa shape index (κ1) is 15.0. The average molecular weight is 275 g/mol. The first-order valence-electron chi connectivity index (χ1n) is 7.55. The molecule has 0 radical (unpaired) electrons. The van der Waals surface area contributed by atoms with Crippen LogP contribution in [-0.2, 0) is 6.54 Å². The highest BCUT2D eigenvalue weighted by atomic mass is 16.1. The zero-order chi connectivity index (χ0) is 14.4. The maximum absolute atomic E-state index is 12.2. The van der Waals surface area contributed by atoms with E-state index in [0.29, 0.717) is 12.6 Å². The van der Waals surface area contributed by atoms with E-state index in [1.165, 1.54) is 13.0 Å². The smallest absolute Gasteiger partial charge is 0.251 e. The number of benzene rings is 1. The number of hydrogen-bond acceptors (Lipinski definition) is 3. The summed E-state index contributed by atoms with van der Waals surface area (Å²) in [7, 11) is 0. The number of nitrogens with two attached hydrogens (primary N) is 1. The normalized spacial score (nSPS) is 17.1. The third kappa shape index (κ3) is 4.05. The minimum atomic E-state index is 0.0301. The molecule has 1 amide bonds. The highest BCUT2D eigenvalue weighted by Gasteiger charge is 2.20. The molecule has 1 heterocycles. The van der Waals surface area contributed by atoms with Crippen molar-refractivity contribution in [1.82, 2.24) is 10.2 Å². The van der Waals surface area contributed by atoms with Crippen LogP contribution < -0.4 is 11.1 Å². The van der Waals surface area contributed by atoms with Crippen molar-refractivity contribution < 1.29 is 4.79 Å². The van der Waals surface area contributed by atoms with E-state index < -0.39 is 0 Å². The number of rotatable bonds is 5. The van der Waals surface area contributed by atoms with Crippen LogP contribution in [0, 0.1) is 0 Å². The van der Waals surface area contributed by atoms with E-state index in [1.54, 1.807) is 0 Å². The Bertz CT molecular complexity index is 422. The summed E-state index contributed by atoms with van der Waals surface area (Å²) >= 11 is 0. The largest absolute Gasteiger partial charge is 0.349 e. The zero-order valence-electron chi connectivity index (χ0n) is 12.3. The molecule has 1 aliphatic heterocycles.